The van der Waals surface area contributed by atoms with Crippen molar-refractivity contribution in [1.29, 1.82) is 0 Å². The highest BCUT2D eigenvalue weighted by atomic mass is 16.5. The highest BCUT2D eigenvalue weighted by Crippen LogP contribution is 2.24. The van der Waals surface area contributed by atoms with Gasteiger partial charge in [0.25, 0.3) is 0 Å². The number of piperidine rings is 1. The summed E-state index contributed by atoms with van der Waals surface area (Å²) in [6.45, 7) is 8.91. The van der Waals surface area contributed by atoms with Crippen LogP contribution in [0.1, 0.15) is 46.0 Å². The Morgan fingerprint density at radius 3 is 2.65 bits per heavy atom. The molecule has 2 unspecified atom stereocenters. The van der Waals surface area contributed by atoms with E-state index in [-0.39, 0.29) is 5.92 Å². The maximum atomic E-state index is 12.6. The zero-order valence-corrected chi connectivity index (χ0v) is 13.1. The van der Waals surface area contributed by atoms with E-state index in [1.807, 2.05) is 0 Å². The Balaban J connectivity index is 1.86. The molecule has 2 heterocycles. The normalized spacial score (nSPS) is 28.6. The molecule has 0 spiro atoms. The molecule has 2 rings (SSSR count). The maximum absolute atomic E-state index is 12.6. The summed E-state index contributed by atoms with van der Waals surface area (Å²) in [6.07, 6.45) is 5.25. The number of nitrogens with zero attached hydrogens (tertiary/aromatic N) is 1. The molecule has 0 aromatic carbocycles. The second-order valence-electron chi connectivity index (χ2n) is 6.19. The largest absolute Gasteiger partial charge is 0.381 e. The van der Waals surface area contributed by atoms with Crippen LogP contribution in [0.25, 0.3) is 0 Å². The third kappa shape index (κ3) is 3.95. The molecule has 2 aliphatic rings. The van der Waals surface area contributed by atoms with Crippen molar-refractivity contribution in [2.75, 3.05) is 32.8 Å². The Morgan fingerprint density at radius 1 is 1.25 bits per heavy atom. The fourth-order valence-corrected chi connectivity index (χ4v) is 3.45. The molecule has 4 heteroatoms. The van der Waals surface area contributed by atoms with Gasteiger partial charge in [-0.25, -0.2) is 0 Å². The van der Waals surface area contributed by atoms with Gasteiger partial charge in [0.2, 0.25) is 5.91 Å². The van der Waals surface area contributed by atoms with E-state index in [1.165, 1.54) is 6.42 Å². The van der Waals surface area contributed by atoms with Gasteiger partial charge in [-0.15, -0.1) is 0 Å². The number of ether oxygens (including phenoxy) is 1. The SMILES string of the molecule is CCCNC1CCN(C(=O)C2CCOCC2)CC1CC. The Morgan fingerprint density at radius 2 is 2.00 bits per heavy atom. The van der Waals surface area contributed by atoms with Crippen LogP contribution in [-0.4, -0.2) is 49.7 Å². The van der Waals surface area contributed by atoms with Gasteiger partial charge in [0, 0.05) is 38.3 Å². The van der Waals surface area contributed by atoms with Crippen molar-refractivity contribution in [3.8, 4) is 0 Å². The standard InChI is InChI=1S/C16H30N2O2/c1-3-8-17-15-5-9-18(12-13(15)4-2)16(19)14-6-10-20-11-7-14/h13-15,17H,3-12H2,1-2H3. The van der Waals surface area contributed by atoms with Gasteiger partial charge in [-0.1, -0.05) is 20.3 Å². The van der Waals surface area contributed by atoms with E-state index in [1.54, 1.807) is 0 Å². The predicted octanol–water partition coefficient (Wildman–Crippen LogP) is 2.04. The number of hydrogen-bond acceptors (Lipinski definition) is 3. The molecule has 4 nitrogen and oxygen atoms in total. The fraction of sp³-hybridized carbons (Fsp3) is 0.938. The molecular formula is C16H30N2O2. The molecule has 0 radical (unpaired) electrons. The van der Waals surface area contributed by atoms with Gasteiger partial charge in [-0.05, 0) is 38.1 Å². The van der Waals surface area contributed by atoms with Crippen molar-refractivity contribution < 1.29 is 9.53 Å². The Hall–Kier alpha value is -0.610. The van der Waals surface area contributed by atoms with E-state index in [0.29, 0.717) is 17.9 Å². The quantitative estimate of drug-likeness (QED) is 0.839. The van der Waals surface area contributed by atoms with Crippen molar-refractivity contribution in [3.63, 3.8) is 0 Å². The summed E-state index contributed by atoms with van der Waals surface area (Å²) in [5.74, 6) is 1.20. The minimum atomic E-state index is 0.210. The highest BCUT2D eigenvalue weighted by molar-refractivity contribution is 5.79. The molecule has 0 bridgehead atoms. The predicted molar refractivity (Wildman–Crippen MR) is 80.6 cm³/mol. The van der Waals surface area contributed by atoms with Crippen LogP contribution in [0.5, 0.6) is 0 Å². The van der Waals surface area contributed by atoms with Crippen molar-refractivity contribution in [3.05, 3.63) is 0 Å². The average Bonchev–Trinajstić information content (AvgIpc) is 2.52. The third-order valence-corrected chi connectivity index (χ3v) is 4.80. The van der Waals surface area contributed by atoms with Crippen LogP contribution < -0.4 is 5.32 Å². The second kappa shape index (κ2) is 7.99. The second-order valence-corrected chi connectivity index (χ2v) is 6.19. The molecule has 116 valence electrons. The van der Waals surface area contributed by atoms with E-state index in [2.05, 4.69) is 24.1 Å². The number of likely N-dealkylation sites (tertiary alicyclic amines) is 1. The van der Waals surface area contributed by atoms with Gasteiger partial charge in [-0.2, -0.15) is 0 Å². The topological polar surface area (TPSA) is 41.6 Å². The molecule has 0 aromatic heterocycles. The number of nitrogens with one attached hydrogen (secondary N) is 1. The smallest absolute Gasteiger partial charge is 0.225 e. The fourth-order valence-electron chi connectivity index (χ4n) is 3.45. The summed E-state index contributed by atoms with van der Waals surface area (Å²) in [6, 6.07) is 0.596. The van der Waals surface area contributed by atoms with Crippen LogP contribution in [0.3, 0.4) is 0 Å². The highest BCUT2D eigenvalue weighted by Gasteiger charge is 2.33. The van der Waals surface area contributed by atoms with Gasteiger partial charge in [-0.3, -0.25) is 4.79 Å². The lowest BCUT2D eigenvalue weighted by Gasteiger charge is -2.40. The van der Waals surface area contributed by atoms with Crippen LogP contribution in [0.15, 0.2) is 0 Å². The van der Waals surface area contributed by atoms with Gasteiger partial charge in [0.05, 0.1) is 0 Å². The van der Waals surface area contributed by atoms with E-state index in [0.717, 1.165) is 58.5 Å². The Labute approximate surface area is 123 Å². The molecule has 2 saturated heterocycles. The van der Waals surface area contributed by atoms with E-state index in [4.69, 9.17) is 4.74 Å². The number of amides is 1. The summed E-state index contributed by atoms with van der Waals surface area (Å²) >= 11 is 0. The van der Waals surface area contributed by atoms with Gasteiger partial charge < -0.3 is 15.0 Å². The first-order valence-electron chi connectivity index (χ1n) is 8.36. The van der Waals surface area contributed by atoms with Gasteiger partial charge in [0.1, 0.15) is 0 Å². The lowest BCUT2D eigenvalue weighted by atomic mass is 9.88. The summed E-state index contributed by atoms with van der Waals surface area (Å²) < 4.78 is 5.36. The zero-order chi connectivity index (χ0) is 14.4. The zero-order valence-electron chi connectivity index (χ0n) is 13.1. The van der Waals surface area contributed by atoms with Crippen LogP contribution in [-0.2, 0) is 9.53 Å². The molecule has 2 fully saturated rings. The Kier molecular flexibility index (Phi) is 6.30. The molecule has 0 saturated carbocycles. The first-order chi connectivity index (χ1) is 9.76. The molecule has 0 aromatic rings. The summed E-state index contributed by atoms with van der Waals surface area (Å²) in [5.41, 5.74) is 0. The molecule has 1 N–H and O–H groups in total. The monoisotopic (exact) mass is 282 g/mol. The average molecular weight is 282 g/mol. The molecule has 2 aliphatic heterocycles. The van der Waals surface area contributed by atoms with Crippen molar-refractivity contribution in [2.24, 2.45) is 11.8 Å². The lowest BCUT2D eigenvalue weighted by Crippen LogP contribution is -2.52. The van der Waals surface area contributed by atoms with Crippen molar-refractivity contribution >= 4 is 5.91 Å². The number of carbonyl (C=O) groups is 1. The molecule has 20 heavy (non-hydrogen) atoms. The number of hydrogen-bond donors (Lipinski definition) is 1. The molecule has 2 atom stereocenters. The minimum absolute atomic E-state index is 0.210. The Bertz CT molecular complexity index is 303. The van der Waals surface area contributed by atoms with E-state index in [9.17, 15) is 4.79 Å². The van der Waals surface area contributed by atoms with E-state index < -0.39 is 0 Å². The number of carbonyl (C=O) groups excluding carboxylic acids is 1. The van der Waals surface area contributed by atoms with Crippen LogP contribution in [0, 0.1) is 11.8 Å². The summed E-state index contributed by atoms with van der Waals surface area (Å²) in [5, 5.41) is 3.65. The van der Waals surface area contributed by atoms with Gasteiger partial charge >= 0.3 is 0 Å². The first kappa shape index (κ1) is 15.8. The third-order valence-electron chi connectivity index (χ3n) is 4.80. The van der Waals surface area contributed by atoms with E-state index >= 15 is 0 Å². The van der Waals surface area contributed by atoms with Gasteiger partial charge in [0.15, 0.2) is 0 Å². The lowest BCUT2D eigenvalue weighted by molar-refractivity contribution is -0.140. The first-order valence-corrected chi connectivity index (χ1v) is 8.36. The molecule has 1 amide bonds. The summed E-state index contributed by atoms with van der Waals surface area (Å²) in [7, 11) is 0. The van der Waals surface area contributed by atoms with Crippen LogP contribution in [0.4, 0.5) is 0 Å². The summed E-state index contributed by atoms with van der Waals surface area (Å²) in [4.78, 5) is 14.7. The van der Waals surface area contributed by atoms with Crippen LogP contribution in [0.2, 0.25) is 0 Å². The number of rotatable bonds is 5. The van der Waals surface area contributed by atoms with Crippen LogP contribution >= 0.6 is 0 Å². The maximum Gasteiger partial charge on any atom is 0.225 e. The minimum Gasteiger partial charge on any atom is -0.381 e. The molecule has 0 aliphatic carbocycles. The molecular weight excluding hydrogens is 252 g/mol. The van der Waals surface area contributed by atoms with Crippen molar-refractivity contribution in [2.45, 2.75) is 52.0 Å². The van der Waals surface area contributed by atoms with Crippen molar-refractivity contribution in [1.82, 2.24) is 10.2 Å².